The summed E-state index contributed by atoms with van der Waals surface area (Å²) in [6.07, 6.45) is 4.97. The summed E-state index contributed by atoms with van der Waals surface area (Å²) in [6.45, 7) is 4.35. The smallest absolute Gasteiger partial charge is 0.155 e. The molecule has 0 bridgehead atoms. The summed E-state index contributed by atoms with van der Waals surface area (Å²) in [7, 11) is 0. The van der Waals surface area contributed by atoms with E-state index in [0.29, 0.717) is 0 Å². The second kappa shape index (κ2) is 16.0. The van der Waals surface area contributed by atoms with Crippen molar-refractivity contribution in [3.63, 3.8) is 0 Å². The zero-order chi connectivity index (χ0) is 39.7. The molecule has 2 unspecified atom stereocenters. The third-order valence-electron chi connectivity index (χ3n) is 11.7. The maximum absolute atomic E-state index is 6.94. The molecule has 2 atom stereocenters. The molecule has 3 nitrogen and oxygen atoms in total. The van der Waals surface area contributed by atoms with E-state index in [1.165, 1.54) is 70.3 Å². The first-order valence-corrected chi connectivity index (χ1v) is 21.5. The van der Waals surface area contributed by atoms with Crippen LogP contribution in [0, 0.1) is 0 Å². The molecule has 8 aromatic rings. The number of hydrogen-bond donors (Lipinski definition) is 0. The minimum absolute atomic E-state index is 0.112. The first kappa shape index (κ1) is 36.7. The predicted octanol–water partition coefficient (Wildman–Crippen LogP) is 14.5. The van der Waals surface area contributed by atoms with Crippen molar-refractivity contribution in [1.82, 2.24) is 0 Å². The molecule has 4 heteroatoms. The third kappa shape index (κ3) is 7.04. The van der Waals surface area contributed by atoms with Crippen LogP contribution in [0.15, 0.2) is 198 Å². The van der Waals surface area contributed by atoms with Crippen LogP contribution in [-0.2, 0) is 0 Å². The van der Waals surface area contributed by atoms with Gasteiger partial charge in [0.05, 0.1) is 6.04 Å². The van der Waals surface area contributed by atoms with Gasteiger partial charge in [0.2, 0.25) is 0 Å². The van der Waals surface area contributed by atoms with Crippen molar-refractivity contribution in [3.8, 4) is 28.0 Å². The first-order chi connectivity index (χ1) is 29.1. The van der Waals surface area contributed by atoms with Gasteiger partial charge in [-0.1, -0.05) is 177 Å². The number of allylic oxidation sites excluding steroid dienone is 2. The van der Waals surface area contributed by atoms with Crippen molar-refractivity contribution in [2.75, 3.05) is 0 Å². The zero-order valence-electron chi connectivity index (χ0n) is 33.3. The summed E-state index contributed by atoms with van der Waals surface area (Å²) in [5, 5.41) is 2.58. The van der Waals surface area contributed by atoms with E-state index in [2.05, 4.69) is 190 Å². The highest BCUT2D eigenvalue weighted by molar-refractivity contribution is 7.25. The summed E-state index contributed by atoms with van der Waals surface area (Å²) >= 11 is 1.87. The van der Waals surface area contributed by atoms with Gasteiger partial charge in [0, 0.05) is 49.0 Å². The number of hydrogen-bond acceptors (Lipinski definition) is 3. The molecular weight excluding hydrogens is 737 g/mol. The van der Waals surface area contributed by atoms with Crippen molar-refractivity contribution < 1.29 is 4.74 Å². The summed E-state index contributed by atoms with van der Waals surface area (Å²) < 4.78 is 9.52. The number of nitrogens with zero attached hydrogens (tertiary/aromatic N) is 2. The molecule has 0 amide bonds. The van der Waals surface area contributed by atoms with Gasteiger partial charge in [-0.25, -0.2) is 4.99 Å². The molecule has 7 aromatic carbocycles. The van der Waals surface area contributed by atoms with Gasteiger partial charge in [-0.2, -0.15) is 0 Å². The molecule has 59 heavy (non-hydrogen) atoms. The Balaban J connectivity index is 1.19. The lowest BCUT2D eigenvalue weighted by Gasteiger charge is -2.28. The molecule has 0 fully saturated rings. The van der Waals surface area contributed by atoms with Crippen LogP contribution in [0.1, 0.15) is 55.4 Å². The summed E-state index contributed by atoms with van der Waals surface area (Å²) in [5.41, 5.74) is 14.0. The van der Waals surface area contributed by atoms with E-state index in [1.807, 2.05) is 17.4 Å². The monoisotopic (exact) mass is 780 g/mol. The first-order valence-electron chi connectivity index (χ1n) is 20.7. The van der Waals surface area contributed by atoms with Gasteiger partial charge >= 0.3 is 0 Å². The SMILES string of the molecule is CCCC(N=C(N=C(C)c1ccccc1)c1ccc(-c2ccccc2)cc1)C1=CC(c2c(-c3ccccc3)ccc3sc4ccccc4c23)=C2c3ccccc3OC2C1. The van der Waals surface area contributed by atoms with Gasteiger partial charge in [-0.3, -0.25) is 4.99 Å². The highest BCUT2D eigenvalue weighted by Gasteiger charge is 2.37. The quantitative estimate of drug-likeness (QED) is 0.106. The highest BCUT2D eigenvalue weighted by Crippen LogP contribution is 2.52. The number of para-hydroxylation sites is 1. The van der Waals surface area contributed by atoms with Crippen LogP contribution in [0.5, 0.6) is 5.75 Å². The van der Waals surface area contributed by atoms with Crippen LogP contribution in [-0.4, -0.2) is 23.7 Å². The van der Waals surface area contributed by atoms with Crippen molar-refractivity contribution in [2.24, 2.45) is 9.98 Å². The van der Waals surface area contributed by atoms with Gasteiger partial charge in [-0.05, 0) is 76.1 Å². The van der Waals surface area contributed by atoms with Crippen LogP contribution in [0.4, 0.5) is 0 Å². The normalized spacial score (nSPS) is 15.8. The number of aliphatic imine (C=N–C) groups is 2. The van der Waals surface area contributed by atoms with Crippen LogP contribution in [0.2, 0.25) is 0 Å². The highest BCUT2D eigenvalue weighted by atomic mass is 32.1. The number of ether oxygens (including phenoxy) is 1. The van der Waals surface area contributed by atoms with Crippen LogP contribution in [0.3, 0.4) is 0 Å². The second-order valence-corrected chi connectivity index (χ2v) is 16.5. The molecule has 10 rings (SSSR count). The van der Waals surface area contributed by atoms with E-state index in [0.717, 1.165) is 47.7 Å². The average molecular weight is 781 g/mol. The maximum Gasteiger partial charge on any atom is 0.155 e. The largest absolute Gasteiger partial charge is 0.485 e. The summed E-state index contributed by atoms with van der Waals surface area (Å²) in [4.78, 5) is 11.0. The van der Waals surface area contributed by atoms with E-state index < -0.39 is 0 Å². The van der Waals surface area contributed by atoms with Crippen LogP contribution < -0.4 is 4.74 Å². The lowest BCUT2D eigenvalue weighted by Crippen LogP contribution is -2.23. The van der Waals surface area contributed by atoms with Crippen molar-refractivity contribution in [1.29, 1.82) is 0 Å². The molecular formula is C55H44N2OS. The lowest BCUT2D eigenvalue weighted by molar-refractivity contribution is 0.272. The molecule has 2 heterocycles. The van der Waals surface area contributed by atoms with E-state index in [-0.39, 0.29) is 12.1 Å². The molecule has 1 aliphatic heterocycles. The van der Waals surface area contributed by atoms with E-state index in [9.17, 15) is 0 Å². The molecule has 1 aromatic heterocycles. The van der Waals surface area contributed by atoms with Crippen LogP contribution >= 0.6 is 11.3 Å². The molecule has 0 saturated heterocycles. The third-order valence-corrected chi connectivity index (χ3v) is 12.8. The Kier molecular flexibility index (Phi) is 9.93. The Morgan fingerprint density at radius 1 is 0.644 bits per heavy atom. The Hall–Kier alpha value is -6.62. The molecule has 0 radical (unpaired) electrons. The fraction of sp³-hybridized carbons (Fsp3) is 0.127. The minimum atomic E-state index is -0.135. The summed E-state index contributed by atoms with van der Waals surface area (Å²) in [6, 6.07) is 62.5. The Bertz CT molecular complexity index is 2940. The number of rotatable bonds is 9. The number of thiophene rings is 1. The number of fused-ring (bicyclic) bond motifs is 6. The van der Waals surface area contributed by atoms with Gasteiger partial charge < -0.3 is 4.74 Å². The topological polar surface area (TPSA) is 34.0 Å². The average Bonchev–Trinajstić information content (AvgIpc) is 3.87. The van der Waals surface area contributed by atoms with Crippen molar-refractivity contribution in [2.45, 2.75) is 45.3 Å². The minimum Gasteiger partial charge on any atom is -0.485 e. The van der Waals surface area contributed by atoms with Gasteiger partial charge in [0.25, 0.3) is 0 Å². The second-order valence-electron chi connectivity index (χ2n) is 15.4. The maximum atomic E-state index is 6.94. The van der Waals surface area contributed by atoms with Crippen molar-refractivity contribution in [3.05, 3.63) is 210 Å². The molecule has 1 aliphatic carbocycles. The van der Waals surface area contributed by atoms with Gasteiger partial charge in [0.15, 0.2) is 5.84 Å². The Morgan fingerprint density at radius 2 is 1.31 bits per heavy atom. The van der Waals surface area contributed by atoms with E-state index in [1.54, 1.807) is 0 Å². The van der Waals surface area contributed by atoms with Gasteiger partial charge in [0.1, 0.15) is 11.9 Å². The molecule has 0 spiro atoms. The molecule has 2 aliphatic rings. The Labute approximate surface area is 350 Å². The van der Waals surface area contributed by atoms with Crippen molar-refractivity contribution >= 4 is 54.2 Å². The zero-order valence-corrected chi connectivity index (χ0v) is 34.1. The standard InChI is InChI=1S/C55H44N2OS/c1-3-17-47(57-55(56-36(2)37-18-7-4-8-19-37)41-30-28-39(29-31-41)38-20-9-5-10-21-38)42-34-46(52-44-24-13-15-26-48(44)58-49(52)35-42)53-43(40-22-11-6-12-23-40)32-33-51-54(53)45-25-14-16-27-50(45)59-51/h4-16,18-34,47,49H,3,17,35H2,1-2H3. The number of amidine groups is 1. The number of benzene rings is 7. The molecule has 0 N–H and O–H groups in total. The summed E-state index contributed by atoms with van der Waals surface area (Å²) in [5.74, 6) is 1.69. The van der Waals surface area contributed by atoms with Crippen LogP contribution in [0.25, 0.3) is 53.6 Å². The molecule has 286 valence electrons. The van der Waals surface area contributed by atoms with E-state index >= 15 is 0 Å². The Morgan fingerprint density at radius 3 is 2.07 bits per heavy atom. The predicted molar refractivity (Wildman–Crippen MR) is 251 cm³/mol. The molecule has 0 saturated carbocycles. The van der Waals surface area contributed by atoms with E-state index in [4.69, 9.17) is 14.7 Å². The van der Waals surface area contributed by atoms with Gasteiger partial charge in [-0.15, -0.1) is 11.3 Å². The fourth-order valence-electron chi connectivity index (χ4n) is 8.84. The fourth-order valence-corrected chi connectivity index (χ4v) is 9.95. The lowest BCUT2D eigenvalue weighted by atomic mass is 9.78.